The van der Waals surface area contributed by atoms with Crippen LogP contribution in [0.5, 0.6) is 0 Å². The molecule has 1 heterocycles. The van der Waals surface area contributed by atoms with E-state index in [0.29, 0.717) is 17.0 Å². The van der Waals surface area contributed by atoms with Crippen LogP contribution in [0, 0.1) is 21.4 Å². The van der Waals surface area contributed by atoms with Crippen molar-refractivity contribution in [3.05, 3.63) is 82.1 Å². The van der Waals surface area contributed by atoms with Crippen molar-refractivity contribution < 1.29 is 23.7 Å². The molecule has 0 saturated heterocycles. The van der Waals surface area contributed by atoms with Gasteiger partial charge in [0, 0.05) is 17.7 Å². The summed E-state index contributed by atoms with van der Waals surface area (Å²) in [7, 11) is 0. The van der Waals surface area contributed by atoms with Crippen LogP contribution in [0.4, 0.5) is 11.4 Å². The average molecular weight is 405 g/mol. The molecule has 9 nitrogen and oxygen atoms in total. The van der Waals surface area contributed by atoms with Crippen molar-refractivity contribution in [3.8, 4) is 17.4 Å². The van der Waals surface area contributed by atoms with Crippen LogP contribution >= 0.6 is 0 Å². The highest BCUT2D eigenvalue weighted by molar-refractivity contribution is 5.97. The highest BCUT2D eigenvalue weighted by Gasteiger charge is 2.22. The van der Waals surface area contributed by atoms with Crippen LogP contribution in [0.1, 0.15) is 23.0 Å². The molecule has 0 aliphatic carbocycles. The Balaban J connectivity index is 1.65. The molecule has 9 heteroatoms. The molecule has 1 amide bonds. The summed E-state index contributed by atoms with van der Waals surface area (Å²) < 4.78 is 10.6. The number of amides is 1. The Kier molecular flexibility index (Phi) is 5.89. The molecule has 0 unspecified atom stereocenters. The second kappa shape index (κ2) is 8.70. The summed E-state index contributed by atoms with van der Waals surface area (Å²) in [4.78, 5) is 34.8. The molecule has 3 rings (SSSR count). The standard InChI is InChI=1S/C21H15N3O6/c1-13(20(25)23-17-5-3-2-4-15(17)12-22)29-21(26)19-11-10-18(30-19)14-6-8-16(9-7-14)24(27)28/h2-11,13H,1H3,(H,23,25)/t13-/m1/s1. The van der Waals surface area contributed by atoms with Crippen LogP contribution in [-0.4, -0.2) is 22.9 Å². The van der Waals surface area contributed by atoms with Gasteiger partial charge in [-0.1, -0.05) is 12.1 Å². The maximum absolute atomic E-state index is 12.3. The maximum atomic E-state index is 12.3. The van der Waals surface area contributed by atoms with E-state index >= 15 is 0 Å². The summed E-state index contributed by atoms with van der Waals surface area (Å²) in [6.07, 6.45) is -1.14. The van der Waals surface area contributed by atoms with Crippen molar-refractivity contribution in [1.29, 1.82) is 5.26 Å². The SMILES string of the molecule is C[C@@H](OC(=O)c1ccc(-c2ccc([N+](=O)[O-])cc2)o1)C(=O)Nc1ccccc1C#N. The van der Waals surface area contributed by atoms with E-state index in [2.05, 4.69) is 5.32 Å². The van der Waals surface area contributed by atoms with E-state index in [1.165, 1.54) is 43.3 Å². The fraction of sp³-hybridized carbons (Fsp3) is 0.0952. The zero-order valence-electron chi connectivity index (χ0n) is 15.7. The number of nitro groups is 1. The molecule has 150 valence electrons. The Bertz CT molecular complexity index is 1140. The molecule has 1 atom stereocenters. The highest BCUT2D eigenvalue weighted by atomic mass is 16.6. The Labute approximate surface area is 170 Å². The summed E-state index contributed by atoms with van der Waals surface area (Å²) in [5, 5.41) is 22.3. The summed E-state index contributed by atoms with van der Waals surface area (Å²) >= 11 is 0. The van der Waals surface area contributed by atoms with Gasteiger partial charge in [-0.05, 0) is 43.3 Å². The number of anilines is 1. The lowest BCUT2D eigenvalue weighted by Crippen LogP contribution is -2.30. The Morgan fingerprint density at radius 3 is 2.50 bits per heavy atom. The van der Waals surface area contributed by atoms with Crippen LogP contribution in [0.25, 0.3) is 11.3 Å². The number of benzene rings is 2. The number of hydrogen-bond acceptors (Lipinski definition) is 7. The van der Waals surface area contributed by atoms with E-state index in [9.17, 15) is 19.7 Å². The fourth-order valence-corrected chi connectivity index (χ4v) is 2.55. The van der Waals surface area contributed by atoms with Gasteiger partial charge in [-0.2, -0.15) is 5.26 Å². The number of furan rings is 1. The van der Waals surface area contributed by atoms with Crippen LogP contribution < -0.4 is 5.32 Å². The first-order valence-corrected chi connectivity index (χ1v) is 8.74. The molecule has 0 aliphatic rings. The molecular formula is C21H15N3O6. The third-order valence-corrected chi connectivity index (χ3v) is 4.13. The van der Waals surface area contributed by atoms with Gasteiger partial charge in [-0.25, -0.2) is 4.79 Å². The van der Waals surface area contributed by atoms with Gasteiger partial charge in [0.1, 0.15) is 11.8 Å². The van der Waals surface area contributed by atoms with Crippen LogP contribution in [-0.2, 0) is 9.53 Å². The second-order valence-electron chi connectivity index (χ2n) is 6.16. The quantitative estimate of drug-likeness (QED) is 0.373. The Morgan fingerprint density at radius 2 is 1.83 bits per heavy atom. The molecule has 1 N–H and O–H groups in total. The number of ether oxygens (including phenoxy) is 1. The first-order valence-electron chi connectivity index (χ1n) is 8.74. The van der Waals surface area contributed by atoms with Crippen molar-refractivity contribution in [2.75, 3.05) is 5.32 Å². The molecular weight excluding hydrogens is 390 g/mol. The molecule has 3 aromatic rings. The van der Waals surface area contributed by atoms with Crippen molar-refractivity contribution in [1.82, 2.24) is 0 Å². The number of esters is 1. The van der Waals surface area contributed by atoms with Crippen molar-refractivity contribution in [2.45, 2.75) is 13.0 Å². The van der Waals surface area contributed by atoms with Crippen LogP contribution in [0.15, 0.2) is 65.1 Å². The van der Waals surface area contributed by atoms with E-state index < -0.39 is 22.9 Å². The number of nitrogens with one attached hydrogen (secondary N) is 1. The normalized spacial score (nSPS) is 11.2. The topological polar surface area (TPSA) is 135 Å². The predicted octanol–water partition coefficient (Wildman–Crippen LogP) is 3.91. The number of nitriles is 1. The number of non-ortho nitro benzene ring substituents is 1. The molecule has 0 radical (unpaired) electrons. The van der Waals surface area contributed by atoms with Crippen LogP contribution in [0.3, 0.4) is 0 Å². The first kappa shape index (κ1) is 20.3. The van der Waals surface area contributed by atoms with Gasteiger partial charge < -0.3 is 14.5 Å². The lowest BCUT2D eigenvalue weighted by atomic mass is 10.1. The summed E-state index contributed by atoms with van der Waals surface area (Å²) in [5.41, 5.74) is 1.07. The lowest BCUT2D eigenvalue weighted by Gasteiger charge is -2.13. The minimum absolute atomic E-state index is 0.0669. The minimum Gasteiger partial charge on any atom is -0.449 e. The minimum atomic E-state index is -1.14. The van der Waals surface area contributed by atoms with E-state index in [1.54, 1.807) is 24.3 Å². The van der Waals surface area contributed by atoms with Gasteiger partial charge in [-0.3, -0.25) is 14.9 Å². The van der Waals surface area contributed by atoms with Crippen molar-refractivity contribution in [2.24, 2.45) is 0 Å². The summed E-state index contributed by atoms with van der Waals surface area (Å²) in [5.74, 6) is -1.26. The third kappa shape index (κ3) is 4.51. The lowest BCUT2D eigenvalue weighted by molar-refractivity contribution is -0.384. The maximum Gasteiger partial charge on any atom is 0.375 e. The van der Waals surface area contributed by atoms with Gasteiger partial charge in [-0.15, -0.1) is 0 Å². The van der Waals surface area contributed by atoms with E-state index in [-0.39, 0.29) is 17.0 Å². The molecule has 0 saturated carbocycles. The summed E-state index contributed by atoms with van der Waals surface area (Å²) in [6.45, 7) is 1.39. The molecule has 30 heavy (non-hydrogen) atoms. The second-order valence-corrected chi connectivity index (χ2v) is 6.16. The Morgan fingerprint density at radius 1 is 1.13 bits per heavy atom. The number of nitrogens with zero attached hydrogens (tertiary/aromatic N) is 2. The smallest absolute Gasteiger partial charge is 0.375 e. The van der Waals surface area contributed by atoms with E-state index in [0.717, 1.165) is 0 Å². The number of rotatable bonds is 6. The molecule has 0 spiro atoms. The van der Waals surface area contributed by atoms with Gasteiger partial charge in [0.15, 0.2) is 6.10 Å². The number of hydrogen-bond donors (Lipinski definition) is 1. The zero-order valence-corrected chi connectivity index (χ0v) is 15.7. The van der Waals surface area contributed by atoms with Crippen LogP contribution in [0.2, 0.25) is 0 Å². The highest BCUT2D eigenvalue weighted by Crippen LogP contribution is 2.25. The van der Waals surface area contributed by atoms with Gasteiger partial charge in [0.25, 0.3) is 11.6 Å². The van der Waals surface area contributed by atoms with Gasteiger partial charge >= 0.3 is 5.97 Å². The predicted molar refractivity (Wildman–Crippen MR) is 105 cm³/mol. The van der Waals surface area contributed by atoms with Crippen molar-refractivity contribution in [3.63, 3.8) is 0 Å². The Hall–Kier alpha value is -4.45. The molecule has 0 fully saturated rings. The molecule has 1 aromatic heterocycles. The number of para-hydroxylation sites is 1. The zero-order chi connectivity index (χ0) is 21.7. The number of nitro benzene ring substituents is 1. The molecule has 0 bridgehead atoms. The van der Waals surface area contributed by atoms with Gasteiger partial charge in [0.05, 0.1) is 16.2 Å². The summed E-state index contributed by atoms with van der Waals surface area (Å²) in [6, 6.07) is 16.9. The molecule has 2 aromatic carbocycles. The first-order chi connectivity index (χ1) is 14.4. The van der Waals surface area contributed by atoms with E-state index in [1.807, 2.05) is 6.07 Å². The fourth-order valence-electron chi connectivity index (χ4n) is 2.55. The third-order valence-electron chi connectivity index (χ3n) is 4.13. The number of carbonyl (C=O) groups excluding carboxylic acids is 2. The monoisotopic (exact) mass is 405 g/mol. The molecule has 0 aliphatic heterocycles. The number of carbonyl (C=O) groups is 2. The van der Waals surface area contributed by atoms with E-state index in [4.69, 9.17) is 14.4 Å². The largest absolute Gasteiger partial charge is 0.449 e. The average Bonchev–Trinajstić information content (AvgIpc) is 3.24. The van der Waals surface area contributed by atoms with Crippen molar-refractivity contribution >= 4 is 23.3 Å². The van der Waals surface area contributed by atoms with Gasteiger partial charge in [0.2, 0.25) is 5.76 Å².